The summed E-state index contributed by atoms with van der Waals surface area (Å²) in [5.74, 6) is 0.851. The summed E-state index contributed by atoms with van der Waals surface area (Å²) in [6.07, 6.45) is 1.79. The highest BCUT2D eigenvalue weighted by atomic mass is 79.9. The Balaban J connectivity index is 1.60. The molecule has 0 amide bonds. The SMILES string of the molecule is CC(=O)c1ccc(N=Cc2ccc(OCc3ccc(Br)cc3Br)cc2)cc1. The molecule has 0 aromatic heterocycles. The van der Waals surface area contributed by atoms with Crippen molar-refractivity contribution in [3.63, 3.8) is 0 Å². The minimum absolute atomic E-state index is 0.0521. The fourth-order valence-corrected chi connectivity index (χ4v) is 3.54. The summed E-state index contributed by atoms with van der Waals surface area (Å²) in [5, 5.41) is 0. The van der Waals surface area contributed by atoms with Gasteiger partial charge in [0.15, 0.2) is 5.78 Å². The highest BCUT2D eigenvalue weighted by molar-refractivity contribution is 9.11. The number of Topliss-reactive ketones (excluding diaryl/α,β-unsaturated/α-hetero) is 1. The molecule has 0 aliphatic carbocycles. The van der Waals surface area contributed by atoms with Crippen LogP contribution in [0.15, 0.2) is 80.7 Å². The van der Waals surface area contributed by atoms with Gasteiger partial charge in [-0.2, -0.15) is 0 Å². The maximum absolute atomic E-state index is 11.3. The second kappa shape index (κ2) is 9.11. The first-order chi connectivity index (χ1) is 13.0. The van der Waals surface area contributed by atoms with Crippen LogP contribution < -0.4 is 4.74 Å². The van der Waals surface area contributed by atoms with Crippen LogP contribution in [0.25, 0.3) is 0 Å². The molecule has 0 saturated heterocycles. The number of aliphatic imine (C=N–C) groups is 1. The van der Waals surface area contributed by atoms with Crippen molar-refractivity contribution in [2.75, 3.05) is 0 Å². The molecule has 0 N–H and O–H groups in total. The predicted octanol–water partition coefficient (Wildman–Crippen LogP) is 6.74. The molecule has 0 fully saturated rings. The number of carbonyl (C=O) groups is 1. The van der Waals surface area contributed by atoms with Crippen molar-refractivity contribution in [2.45, 2.75) is 13.5 Å². The van der Waals surface area contributed by atoms with Crippen molar-refractivity contribution < 1.29 is 9.53 Å². The van der Waals surface area contributed by atoms with Gasteiger partial charge in [0.05, 0.1) is 5.69 Å². The average molecular weight is 487 g/mol. The molecular formula is C22H17Br2NO2. The molecule has 3 rings (SSSR count). The van der Waals surface area contributed by atoms with Gasteiger partial charge < -0.3 is 4.74 Å². The Labute approximate surface area is 175 Å². The maximum Gasteiger partial charge on any atom is 0.159 e. The lowest BCUT2D eigenvalue weighted by Gasteiger charge is -2.08. The van der Waals surface area contributed by atoms with Gasteiger partial charge in [-0.15, -0.1) is 0 Å². The van der Waals surface area contributed by atoms with E-state index in [4.69, 9.17) is 4.74 Å². The minimum Gasteiger partial charge on any atom is -0.489 e. The maximum atomic E-state index is 11.3. The molecule has 0 spiro atoms. The van der Waals surface area contributed by atoms with Crippen LogP contribution >= 0.6 is 31.9 Å². The number of nitrogens with zero attached hydrogens (tertiary/aromatic N) is 1. The van der Waals surface area contributed by atoms with Gasteiger partial charge in [-0.1, -0.05) is 37.9 Å². The zero-order valence-corrected chi connectivity index (χ0v) is 17.8. The molecule has 0 saturated carbocycles. The summed E-state index contributed by atoms with van der Waals surface area (Å²) in [6.45, 7) is 2.04. The van der Waals surface area contributed by atoms with Crippen LogP contribution in [0.5, 0.6) is 5.75 Å². The van der Waals surface area contributed by atoms with E-state index in [-0.39, 0.29) is 5.78 Å². The molecular weight excluding hydrogens is 470 g/mol. The second-order valence-corrected chi connectivity index (χ2v) is 7.72. The van der Waals surface area contributed by atoms with Gasteiger partial charge in [0, 0.05) is 26.3 Å². The van der Waals surface area contributed by atoms with Crippen LogP contribution in [0.2, 0.25) is 0 Å². The summed E-state index contributed by atoms with van der Waals surface area (Å²) in [4.78, 5) is 15.7. The van der Waals surface area contributed by atoms with Gasteiger partial charge in [0.25, 0.3) is 0 Å². The van der Waals surface area contributed by atoms with Crippen LogP contribution in [0.4, 0.5) is 5.69 Å². The van der Waals surface area contributed by atoms with E-state index in [0.717, 1.165) is 31.5 Å². The molecule has 0 radical (unpaired) electrons. The number of benzene rings is 3. The third-order valence-corrected chi connectivity index (χ3v) is 5.16. The molecule has 3 nitrogen and oxygen atoms in total. The quantitative estimate of drug-likeness (QED) is 0.285. The van der Waals surface area contributed by atoms with Crippen molar-refractivity contribution >= 4 is 49.5 Å². The molecule has 0 heterocycles. The Kier molecular flexibility index (Phi) is 6.58. The smallest absolute Gasteiger partial charge is 0.159 e. The number of rotatable bonds is 6. The molecule has 3 aromatic rings. The highest BCUT2D eigenvalue weighted by Gasteiger charge is 2.02. The van der Waals surface area contributed by atoms with Crippen LogP contribution in [-0.4, -0.2) is 12.0 Å². The summed E-state index contributed by atoms with van der Waals surface area (Å²) >= 11 is 6.98. The summed E-state index contributed by atoms with van der Waals surface area (Å²) < 4.78 is 7.88. The highest BCUT2D eigenvalue weighted by Crippen LogP contribution is 2.23. The van der Waals surface area contributed by atoms with Crippen LogP contribution in [0, 0.1) is 0 Å². The summed E-state index contributed by atoms with van der Waals surface area (Å²) in [7, 11) is 0. The molecule has 3 aromatic carbocycles. The van der Waals surface area contributed by atoms with Gasteiger partial charge in [0.1, 0.15) is 12.4 Å². The van der Waals surface area contributed by atoms with Gasteiger partial charge in [0.2, 0.25) is 0 Å². The van der Waals surface area contributed by atoms with E-state index >= 15 is 0 Å². The van der Waals surface area contributed by atoms with Crippen molar-refractivity contribution in [1.29, 1.82) is 0 Å². The Morgan fingerprint density at radius 1 is 1.00 bits per heavy atom. The normalized spacial score (nSPS) is 10.9. The Morgan fingerprint density at radius 3 is 2.33 bits per heavy atom. The first kappa shape index (κ1) is 19.5. The van der Waals surface area contributed by atoms with Gasteiger partial charge >= 0.3 is 0 Å². The molecule has 0 atom stereocenters. The van der Waals surface area contributed by atoms with Gasteiger partial charge in [-0.25, -0.2) is 0 Å². The molecule has 136 valence electrons. The summed E-state index contributed by atoms with van der Waals surface area (Å²) in [6, 6.07) is 21.0. The summed E-state index contributed by atoms with van der Waals surface area (Å²) in [5.41, 5.74) is 3.55. The topological polar surface area (TPSA) is 38.7 Å². The Hall–Kier alpha value is -2.24. The Bertz CT molecular complexity index is 965. The number of halogens is 2. The number of hydrogen-bond acceptors (Lipinski definition) is 3. The fraction of sp³-hybridized carbons (Fsp3) is 0.0909. The van der Waals surface area contributed by atoms with E-state index in [0.29, 0.717) is 12.2 Å². The fourth-order valence-electron chi connectivity index (χ4n) is 2.38. The lowest BCUT2D eigenvalue weighted by Crippen LogP contribution is -1.96. The standard InChI is InChI=1S/C22H17Br2NO2/c1-15(26)17-5-8-20(9-6-17)25-13-16-2-10-21(11-3-16)27-14-18-4-7-19(23)12-22(18)24/h2-13H,14H2,1H3. The second-order valence-electron chi connectivity index (χ2n) is 5.95. The van der Waals surface area contributed by atoms with E-state index in [1.807, 2.05) is 54.6 Å². The third kappa shape index (κ3) is 5.62. The largest absolute Gasteiger partial charge is 0.489 e. The van der Waals surface area contributed by atoms with Crippen molar-refractivity contribution in [3.8, 4) is 5.75 Å². The Morgan fingerprint density at radius 2 is 1.70 bits per heavy atom. The average Bonchev–Trinajstić information content (AvgIpc) is 2.67. The lowest BCUT2D eigenvalue weighted by molar-refractivity contribution is 0.101. The van der Waals surface area contributed by atoms with Crippen molar-refractivity contribution in [1.82, 2.24) is 0 Å². The third-order valence-electron chi connectivity index (χ3n) is 3.93. The first-order valence-electron chi connectivity index (χ1n) is 8.33. The van der Waals surface area contributed by atoms with Crippen LogP contribution in [-0.2, 0) is 6.61 Å². The van der Waals surface area contributed by atoms with E-state index < -0.39 is 0 Å². The number of hydrogen-bond donors (Lipinski definition) is 0. The molecule has 27 heavy (non-hydrogen) atoms. The van der Waals surface area contributed by atoms with Crippen molar-refractivity contribution in [3.05, 3.63) is 92.4 Å². The molecule has 5 heteroatoms. The minimum atomic E-state index is 0.0521. The lowest BCUT2D eigenvalue weighted by atomic mass is 10.1. The van der Waals surface area contributed by atoms with Gasteiger partial charge in [-0.05, 0) is 73.2 Å². The van der Waals surface area contributed by atoms with E-state index in [1.165, 1.54) is 0 Å². The monoisotopic (exact) mass is 485 g/mol. The molecule has 0 bridgehead atoms. The van der Waals surface area contributed by atoms with Crippen LogP contribution in [0.3, 0.4) is 0 Å². The molecule has 0 unspecified atom stereocenters. The van der Waals surface area contributed by atoms with Gasteiger partial charge in [-0.3, -0.25) is 9.79 Å². The zero-order valence-electron chi connectivity index (χ0n) is 14.7. The van der Waals surface area contributed by atoms with E-state index in [1.54, 1.807) is 25.3 Å². The molecule has 0 aliphatic heterocycles. The van der Waals surface area contributed by atoms with Crippen molar-refractivity contribution in [2.24, 2.45) is 4.99 Å². The zero-order chi connectivity index (χ0) is 19.2. The van der Waals surface area contributed by atoms with E-state index in [2.05, 4.69) is 36.9 Å². The number of carbonyl (C=O) groups excluding carboxylic acids is 1. The van der Waals surface area contributed by atoms with Crippen LogP contribution in [0.1, 0.15) is 28.4 Å². The molecule has 0 aliphatic rings. The number of ether oxygens (including phenoxy) is 1. The number of ketones is 1. The van der Waals surface area contributed by atoms with E-state index in [9.17, 15) is 4.79 Å². The predicted molar refractivity (Wildman–Crippen MR) is 116 cm³/mol. The first-order valence-corrected chi connectivity index (χ1v) is 9.92.